The molecule has 0 radical (unpaired) electrons. The molecule has 0 spiro atoms. The minimum Gasteiger partial charge on any atom is -0.325 e. The first-order chi connectivity index (χ1) is 9.18. The van der Waals surface area contributed by atoms with Gasteiger partial charge >= 0.3 is 0 Å². The number of hydrogen-bond donors (Lipinski definition) is 1. The van der Waals surface area contributed by atoms with Gasteiger partial charge in [-0.2, -0.15) is 0 Å². The number of hydrogen-bond acceptors (Lipinski definition) is 1. The van der Waals surface area contributed by atoms with Crippen molar-refractivity contribution in [3.63, 3.8) is 0 Å². The SMILES string of the molecule is CCCCCCC(N)(CCCCC)CCCCCC. The molecule has 0 aromatic carbocycles. The van der Waals surface area contributed by atoms with Crippen LogP contribution in [0.3, 0.4) is 0 Å². The van der Waals surface area contributed by atoms with Crippen molar-refractivity contribution in [1.29, 1.82) is 0 Å². The first-order valence-corrected chi connectivity index (χ1v) is 8.97. The summed E-state index contributed by atoms with van der Waals surface area (Å²) in [7, 11) is 0. The Morgan fingerprint density at radius 3 is 1.21 bits per heavy atom. The maximum absolute atomic E-state index is 6.70. The van der Waals surface area contributed by atoms with Crippen molar-refractivity contribution in [2.45, 2.75) is 116 Å². The summed E-state index contributed by atoms with van der Waals surface area (Å²) in [5, 5.41) is 0. The van der Waals surface area contributed by atoms with Crippen LogP contribution in [0.2, 0.25) is 0 Å². The molecule has 0 bridgehead atoms. The Morgan fingerprint density at radius 2 is 0.842 bits per heavy atom. The molecule has 0 atom stereocenters. The van der Waals surface area contributed by atoms with Crippen LogP contribution in [0.15, 0.2) is 0 Å². The zero-order valence-corrected chi connectivity index (χ0v) is 14.0. The highest BCUT2D eigenvalue weighted by Crippen LogP contribution is 2.26. The lowest BCUT2D eigenvalue weighted by atomic mass is 9.83. The van der Waals surface area contributed by atoms with Crippen LogP contribution in [-0.4, -0.2) is 5.54 Å². The molecule has 0 aromatic heterocycles. The van der Waals surface area contributed by atoms with Gasteiger partial charge in [0.2, 0.25) is 0 Å². The molecule has 19 heavy (non-hydrogen) atoms. The normalized spacial score (nSPS) is 12.0. The third-order valence-electron chi connectivity index (χ3n) is 4.33. The molecule has 116 valence electrons. The van der Waals surface area contributed by atoms with Gasteiger partial charge in [-0.3, -0.25) is 0 Å². The zero-order valence-electron chi connectivity index (χ0n) is 14.0. The smallest absolute Gasteiger partial charge is 0.0154 e. The van der Waals surface area contributed by atoms with Crippen LogP contribution in [0.4, 0.5) is 0 Å². The van der Waals surface area contributed by atoms with E-state index in [-0.39, 0.29) is 5.54 Å². The molecule has 0 aliphatic rings. The highest BCUT2D eigenvalue weighted by Gasteiger charge is 2.23. The summed E-state index contributed by atoms with van der Waals surface area (Å²) in [6.45, 7) is 6.84. The average Bonchev–Trinajstić information content (AvgIpc) is 2.41. The standard InChI is InChI=1S/C18H39N/c1-4-7-10-13-16-18(19,15-12-9-6-3)17-14-11-8-5-2/h4-17,19H2,1-3H3. The van der Waals surface area contributed by atoms with E-state index in [0.29, 0.717) is 0 Å². The number of rotatable bonds is 14. The van der Waals surface area contributed by atoms with Crippen molar-refractivity contribution in [3.8, 4) is 0 Å². The van der Waals surface area contributed by atoms with Crippen molar-refractivity contribution < 1.29 is 0 Å². The van der Waals surface area contributed by atoms with Gasteiger partial charge < -0.3 is 5.73 Å². The fraction of sp³-hybridized carbons (Fsp3) is 1.00. The topological polar surface area (TPSA) is 26.0 Å². The fourth-order valence-electron chi connectivity index (χ4n) is 2.91. The van der Waals surface area contributed by atoms with Crippen LogP contribution < -0.4 is 5.73 Å². The van der Waals surface area contributed by atoms with Crippen LogP contribution in [0.1, 0.15) is 111 Å². The van der Waals surface area contributed by atoms with Crippen molar-refractivity contribution >= 4 is 0 Å². The highest BCUT2D eigenvalue weighted by atomic mass is 14.7. The summed E-state index contributed by atoms with van der Waals surface area (Å²) < 4.78 is 0. The van der Waals surface area contributed by atoms with Crippen LogP contribution in [0.5, 0.6) is 0 Å². The summed E-state index contributed by atoms with van der Waals surface area (Å²) in [6, 6.07) is 0. The predicted octanol–water partition coefficient (Wildman–Crippen LogP) is 6.21. The molecule has 1 nitrogen and oxygen atoms in total. The molecule has 0 aliphatic heterocycles. The first kappa shape index (κ1) is 19.0. The van der Waals surface area contributed by atoms with E-state index in [9.17, 15) is 0 Å². The molecule has 0 unspecified atom stereocenters. The maximum atomic E-state index is 6.70. The van der Waals surface area contributed by atoms with Gasteiger partial charge in [-0.1, -0.05) is 91.4 Å². The van der Waals surface area contributed by atoms with Crippen LogP contribution in [-0.2, 0) is 0 Å². The lowest BCUT2D eigenvalue weighted by molar-refractivity contribution is 0.305. The van der Waals surface area contributed by atoms with Crippen molar-refractivity contribution in [2.24, 2.45) is 5.73 Å². The Morgan fingerprint density at radius 1 is 0.526 bits per heavy atom. The van der Waals surface area contributed by atoms with E-state index in [0.717, 1.165) is 0 Å². The van der Waals surface area contributed by atoms with Gasteiger partial charge in [0.1, 0.15) is 0 Å². The van der Waals surface area contributed by atoms with E-state index in [1.54, 1.807) is 0 Å². The summed E-state index contributed by atoms with van der Waals surface area (Å²) >= 11 is 0. The molecule has 0 rings (SSSR count). The lowest BCUT2D eigenvalue weighted by Gasteiger charge is -2.30. The molecule has 0 aromatic rings. The van der Waals surface area contributed by atoms with Gasteiger partial charge in [0, 0.05) is 5.54 Å². The van der Waals surface area contributed by atoms with E-state index in [1.807, 2.05) is 0 Å². The van der Waals surface area contributed by atoms with Crippen LogP contribution >= 0.6 is 0 Å². The third-order valence-corrected chi connectivity index (χ3v) is 4.33. The van der Waals surface area contributed by atoms with Gasteiger partial charge in [0.25, 0.3) is 0 Å². The quantitative estimate of drug-likeness (QED) is 0.373. The second-order valence-electron chi connectivity index (χ2n) is 6.44. The Bertz CT molecular complexity index is 165. The van der Waals surface area contributed by atoms with Gasteiger partial charge in [-0.15, -0.1) is 0 Å². The fourth-order valence-corrected chi connectivity index (χ4v) is 2.91. The molecule has 0 heterocycles. The van der Waals surface area contributed by atoms with Crippen molar-refractivity contribution in [3.05, 3.63) is 0 Å². The average molecular weight is 270 g/mol. The van der Waals surface area contributed by atoms with E-state index in [4.69, 9.17) is 5.73 Å². The van der Waals surface area contributed by atoms with Crippen LogP contribution in [0, 0.1) is 0 Å². The second kappa shape index (κ2) is 13.0. The highest BCUT2D eigenvalue weighted by molar-refractivity contribution is 4.83. The summed E-state index contributed by atoms with van der Waals surface area (Å²) in [5.41, 5.74) is 6.85. The Hall–Kier alpha value is -0.0400. The maximum Gasteiger partial charge on any atom is 0.0154 e. The summed E-state index contributed by atoms with van der Waals surface area (Å²) in [4.78, 5) is 0. The van der Waals surface area contributed by atoms with Gasteiger partial charge in [0.05, 0.1) is 0 Å². The third kappa shape index (κ3) is 11.5. The molecule has 0 saturated carbocycles. The number of nitrogens with two attached hydrogens (primary N) is 1. The van der Waals surface area contributed by atoms with Crippen LogP contribution in [0.25, 0.3) is 0 Å². The second-order valence-corrected chi connectivity index (χ2v) is 6.44. The molecule has 0 saturated heterocycles. The first-order valence-electron chi connectivity index (χ1n) is 8.97. The Labute approximate surface area is 122 Å². The number of unbranched alkanes of at least 4 members (excludes halogenated alkanes) is 8. The van der Waals surface area contributed by atoms with Gasteiger partial charge in [0.15, 0.2) is 0 Å². The molecule has 0 aliphatic carbocycles. The lowest BCUT2D eigenvalue weighted by Crippen LogP contribution is -2.39. The Kier molecular flexibility index (Phi) is 12.9. The molecule has 0 fully saturated rings. The van der Waals surface area contributed by atoms with E-state index < -0.39 is 0 Å². The summed E-state index contributed by atoms with van der Waals surface area (Å²) in [5.74, 6) is 0. The molecular weight excluding hydrogens is 230 g/mol. The Balaban J connectivity index is 3.96. The van der Waals surface area contributed by atoms with E-state index in [2.05, 4.69) is 20.8 Å². The summed E-state index contributed by atoms with van der Waals surface area (Å²) in [6.07, 6.45) is 18.6. The minimum absolute atomic E-state index is 0.149. The predicted molar refractivity (Wildman–Crippen MR) is 88.6 cm³/mol. The largest absolute Gasteiger partial charge is 0.325 e. The molecule has 1 heteroatoms. The zero-order chi connectivity index (χ0) is 14.4. The molecular formula is C18H39N. The molecule has 2 N–H and O–H groups in total. The van der Waals surface area contributed by atoms with E-state index in [1.165, 1.54) is 89.9 Å². The van der Waals surface area contributed by atoms with Crippen molar-refractivity contribution in [1.82, 2.24) is 0 Å². The monoisotopic (exact) mass is 269 g/mol. The van der Waals surface area contributed by atoms with Gasteiger partial charge in [-0.05, 0) is 19.3 Å². The van der Waals surface area contributed by atoms with Gasteiger partial charge in [-0.25, -0.2) is 0 Å². The van der Waals surface area contributed by atoms with Crippen molar-refractivity contribution in [2.75, 3.05) is 0 Å². The minimum atomic E-state index is 0.149. The molecule has 0 amide bonds. The van der Waals surface area contributed by atoms with E-state index >= 15 is 0 Å².